The summed E-state index contributed by atoms with van der Waals surface area (Å²) >= 11 is 6.02. The van der Waals surface area contributed by atoms with Gasteiger partial charge in [-0.25, -0.2) is 0 Å². The Bertz CT molecular complexity index is 493. The molecule has 110 valence electrons. The molecule has 3 nitrogen and oxygen atoms in total. The van der Waals surface area contributed by atoms with Gasteiger partial charge in [0.15, 0.2) is 0 Å². The number of carbonyl (C=O) groups is 1. The molecule has 0 bridgehead atoms. The van der Waals surface area contributed by atoms with Crippen molar-refractivity contribution in [1.29, 1.82) is 0 Å². The van der Waals surface area contributed by atoms with Crippen LogP contribution in [0.2, 0.25) is 5.02 Å². The van der Waals surface area contributed by atoms with Gasteiger partial charge in [0.2, 0.25) is 0 Å². The number of amides is 1. The maximum atomic E-state index is 12.1. The average molecular weight is 296 g/mol. The lowest BCUT2D eigenvalue weighted by Crippen LogP contribution is -2.45. The van der Waals surface area contributed by atoms with Crippen LogP contribution >= 0.6 is 11.6 Å². The summed E-state index contributed by atoms with van der Waals surface area (Å²) in [6.45, 7) is 4.41. The van der Waals surface area contributed by atoms with Crippen LogP contribution in [0.1, 0.15) is 48.5 Å². The van der Waals surface area contributed by atoms with Gasteiger partial charge in [0.1, 0.15) is 0 Å². The first-order chi connectivity index (χ1) is 9.39. The molecule has 4 heteroatoms. The zero-order chi connectivity index (χ0) is 14.8. The highest BCUT2D eigenvalue weighted by molar-refractivity contribution is 6.31. The summed E-state index contributed by atoms with van der Waals surface area (Å²) in [5, 5.41) is 13.9. The quantitative estimate of drug-likeness (QED) is 0.899. The van der Waals surface area contributed by atoms with Crippen molar-refractivity contribution < 1.29 is 9.90 Å². The maximum Gasteiger partial charge on any atom is 0.251 e. The number of nitrogens with one attached hydrogen (secondary N) is 1. The molecule has 1 aliphatic carbocycles. The molecule has 1 aliphatic rings. The SMILES string of the molecule is Cc1ccc(C(=O)NCC2(O)CCC(C)CC2)cc1Cl. The number of aryl methyl sites for hydroxylation is 1. The Morgan fingerprint density at radius 1 is 1.45 bits per heavy atom. The number of carbonyl (C=O) groups excluding carboxylic acids is 1. The van der Waals surface area contributed by atoms with Crippen LogP contribution in [0.5, 0.6) is 0 Å². The second-order valence-corrected chi connectivity index (χ2v) is 6.46. The molecule has 2 rings (SSSR count). The van der Waals surface area contributed by atoms with Crippen LogP contribution in [0.15, 0.2) is 18.2 Å². The summed E-state index contributed by atoms with van der Waals surface area (Å²) in [6.07, 6.45) is 3.54. The number of halogens is 1. The molecule has 1 aromatic carbocycles. The third-order valence-electron chi connectivity index (χ3n) is 4.22. The Kier molecular flexibility index (Phi) is 4.71. The standard InChI is InChI=1S/C16H22ClNO2/c1-11-5-7-16(20,8-6-11)10-18-15(19)13-4-3-12(2)14(17)9-13/h3-4,9,11,20H,5-8,10H2,1-2H3,(H,18,19). The van der Waals surface area contributed by atoms with E-state index in [1.54, 1.807) is 12.1 Å². The zero-order valence-corrected chi connectivity index (χ0v) is 12.8. The molecule has 0 unspecified atom stereocenters. The van der Waals surface area contributed by atoms with Crippen molar-refractivity contribution in [2.75, 3.05) is 6.54 Å². The van der Waals surface area contributed by atoms with Gasteiger partial charge in [0.25, 0.3) is 5.91 Å². The Labute approximate surface area is 125 Å². The van der Waals surface area contributed by atoms with Gasteiger partial charge in [-0.2, -0.15) is 0 Å². The topological polar surface area (TPSA) is 49.3 Å². The highest BCUT2D eigenvalue weighted by atomic mass is 35.5. The normalized spacial score (nSPS) is 26.3. The molecule has 1 fully saturated rings. The second-order valence-electron chi connectivity index (χ2n) is 6.05. The van der Waals surface area contributed by atoms with Crippen molar-refractivity contribution >= 4 is 17.5 Å². The van der Waals surface area contributed by atoms with Crippen molar-refractivity contribution in [1.82, 2.24) is 5.32 Å². The zero-order valence-electron chi connectivity index (χ0n) is 12.1. The molecule has 0 aliphatic heterocycles. The molecule has 0 radical (unpaired) electrons. The van der Waals surface area contributed by atoms with Crippen LogP contribution in [0.3, 0.4) is 0 Å². The van der Waals surface area contributed by atoms with Crippen molar-refractivity contribution in [3.05, 3.63) is 34.3 Å². The van der Waals surface area contributed by atoms with Crippen molar-refractivity contribution in [3.8, 4) is 0 Å². The minimum Gasteiger partial charge on any atom is -0.388 e. The summed E-state index contributed by atoms with van der Waals surface area (Å²) in [5.41, 5.74) is 0.730. The number of hydrogen-bond donors (Lipinski definition) is 2. The highest BCUT2D eigenvalue weighted by Crippen LogP contribution is 2.31. The van der Waals surface area contributed by atoms with Gasteiger partial charge in [0.05, 0.1) is 5.60 Å². The summed E-state index contributed by atoms with van der Waals surface area (Å²) in [6, 6.07) is 5.25. The summed E-state index contributed by atoms with van der Waals surface area (Å²) in [4.78, 5) is 12.1. The third kappa shape index (κ3) is 3.74. The van der Waals surface area contributed by atoms with E-state index in [1.807, 2.05) is 13.0 Å². The summed E-state index contributed by atoms with van der Waals surface area (Å²) in [5.74, 6) is 0.487. The molecule has 0 heterocycles. The third-order valence-corrected chi connectivity index (χ3v) is 4.62. The van der Waals surface area contributed by atoms with E-state index >= 15 is 0 Å². The smallest absolute Gasteiger partial charge is 0.251 e. The van der Waals surface area contributed by atoms with Gasteiger partial charge in [-0.1, -0.05) is 24.6 Å². The Morgan fingerprint density at radius 2 is 2.10 bits per heavy atom. The van der Waals surface area contributed by atoms with E-state index in [0.717, 1.165) is 31.2 Å². The number of rotatable bonds is 3. The molecule has 0 aromatic heterocycles. The van der Waals surface area contributed by atoms with Gasteiger partial charge in [-0.3, -0.25) is 4.79 Å². The number of hydrogen-bond acceptors (Lipinski definition) is 2. The maximum absolute atomic E-state index is 12.1. The van der Waals surface area contributed by atoms with E-state index in [0.29, 0.717) is 23.0 Å². The van der Waals surface area contributed by atoms with Gasteiger partial charge in [-0.15, -0.1) is 0 Å². The lowest BCUT2D eigenvalue weighted by molar-refractivity contribution is -0.00539. The van der Waals surface area contributed by atoms with E-state index in [1.165, 1.54) is 0 Å². The van der Waals surface area contributed by atoms with Crippen molar-refractivity contribution in [2.45, 2.75) is 45.1 Å². The van der Waals surface area contributed by atoms with Crippen LogP contribution < -0.4 is 5.32 Å². The lowest BCUT2D eigenvalue weighted by atomic mass is 9.79. The van der Waals surface area contributed by atoms with Crippen LogP contribution in [0.4, 0.5) is 0 Å². The molecule has 2 N–H and O–H groups in total. The summed E-state index contributed by atoms with van der Waals surface area (Å²) in [7, 11) is 0. The monoisotopic (exact) mass is 295 g/mol. The molecular weight excluding hydrogens is 274 g/mol. The Balaban J connectivity index is 1.93. The Morgan fingerprint density at radius 3 is 2.70 bits per heavy atom. The fourth-order valence-corrected chi connectivity index (χ4v) is 2.74. The average Bonchev–Trinajstić information content (AvgIpc) is 2.43. The number of aliphatic hydroxyl groups is 1. The highest BCUT2D eigenvalue weighted by Gasteiger charge is 2.32. The van der Waals surface area contributed by atoms with Gasteiger partial charge in [0, 0.05) is 17.1 Å². The van der Waals surface area contributed by atoms with E-state index in [-0.39, 0.29) is 5.91 Å². The molecule has 1 amide bonds. The molecule has 1 aromatic rings. The fourth-order valence-electron chi connectivity index (χ4n) is 2.56. The van der Waals surface area contributed by atoms with Crippen LogP contribution in [0, 0.1) is 12.8 Å². The minimum absolute atomic E-state index is 0.182. The van der Waals surface area contributed by atoms with Crippen molar-refractivity contribution in [3.63, 3.8) is 0 Å². The Hall–Kier alpha value is -1.06. The van der Waals surface area contributed by atoms with Gasteiger partial charge >= 0.3 is 0 Å². The number of benzene rings is 1. The molecule has 0 atom stereocenters. The molecule has 20 heavy (non-hydrogen) atoms. The van der Waals surface area contributed by atoms with E-state index in [2.05, 4.69) is 12.2 Å². The summed E-state index contributed by atoms with van der Waals surface area (Å²) < 4.78 is 0. The first-order valence-electron chi connectivity index (χ1n) is 7.16. The molecule has 0 saturated heterocycles. The van der Waals surface area contributed by atoms with E-state index in [9.17, 15) is 9.90 Å². The first kappa shape index (κ1) is 15.3. The van der Waals surface area contributed by atoms with Crippen LogP contribution in [-0.2, 0) is 0 Å². The molecular formula is C16H22ClNO2. The largest absolute Gasteiger partial charge is 0.388 e. The minimum atomic E-state index is -0.753. The van der Waals surface area contributed by atoms with E-state index in [4.69, 9.17) is 11.6 Å². The molecule has 1 saturated carbocycles. The first-order valence-corrected chi connectivity index (χ1v) is 7.54. The van der Waals surface area contributed by atoms with Crippen LogP contribution in [0.25, 0.3) is 0 Å². The van der Waals surface area contributed by atoms with E-state index < -0.39 is 5.60 Å². The van der Waals surface area contributed by atoms with Gasteiger partial charge in [-0.05, 0) is 56.2 Å². The van der Waals surface area contributed by atoms with Gasteiger partial charge < -0.3 is 10.4 Å². The van der Waals surface area contributed by atoms with Crippen LogP contribution in [-0.4, -0.2) is 23.2 Å². The fraction of sp³-hybridized carbons (Fsp3) is 0.562. The van der Waals surface area contributed by atoms with Crippen molar-refractivity contribution in [2.24, 2.45) is 5.92 Å². The lowest BCUT2D eigenvalue weighted by Gasteiger charge is -2.34. The predicted octanol–water partition coefficient (Wildman–Crippen LogP) is 3.32. The molecule has 0 spiro atoms. The second kappa shape index (κ2) is 6.15. The predicted molar refractivity (Wildman–Crippen MR) is 81.1 cm³/mol.